The third-order valence-corrected chi connectivity index (χ3v) is 7.84. The van der Waals surface area contributed by atoms with Crippen LogP contribution in [-0.2, 0) is 4.79 Å². The molecule has 0 aliphatic heterocycles. The average molecular weight is 290 g/mol. The molecule has 0 unspecified atom stereocenters. The maximum atomic E-state index is 13.0. The molecule has 4 bridgehead atoms. The minimum Gasteiger partial charge on any atom is -0.299 e. The Morgan fingerprint density at radius 2 is 1.52 bits per heavy atom. The minimum atomic E-state index is -0.128. The Morgan fingerprint density at radius 3 is 1.90 bits per heavy atom. The number of ketones is 1. The first-order chi connectivity index (χ1) is 9.79. The lowest BCUT2D eigenvalue weighted by Gasteiger charge is -2.63. The van der Waals surface area contributed by atoms with Crippen LogP contribution in [0.1, 0.15) is 79.6 Å². The Bertz CT molecular complexity index is 390. The molecule has 4 aliphatic rings. The lowest BCUT2D eigenvalue weighted by Crippen LogP contribution is -2.56. The van der Waals surface area contributed by atoms with Gasteiger partial charge in [-0.3, -0.25) is 4.79 Å². The van der Waals surface area contributed by atoms with Crippen LogP contribution in [0.25, 0.3) is 0 Å². The van der Waals surface area contributed by atoms with Gasteiger partial charge in [0.05, 0.1) is 0 Å². The second kappa shape index (κ2) is 5.10. The number of carbonyl (C=O) groups excluding carboxylic acids is 1. The van der Waals surface area contributed by atoms with Gasteiger partial charge in [0.2, 0.25) is 0 Å². The first kappa shape index (κ1) is 15.6. The van der Waals surface area contributed by atoms with Crippen molar-refractivity contribution in [2.45, 2.75) is 79.6 Å². The highest BCUT2D eigenvalue weighted by molar-refractivity contribution is 5.84. The molecule has 0 radical (unpaired) electrons. The number of rotatable bonds is 5. The van der Waals surface area contributed by atoms with Crippen LogP contribution in [0.2, 0.25) is 0 Å². The number of Topliss-reactive ketones (excluding diaryl/α,β-unsaturated/α-hetero) is 1. The summed E-state index contributed by atoms with van der Waals surface area (Å²) in [6.07, 6.45) is 9.02. The van der Waals surface area contributed by atoms with Crippen LogP contribution >= 0.6 is 0 Å². The van der Waals surface area contributed by atoms with Crippen molar-refractivity contribution >= 4 is 5.78 Å². The zero-order valence-electron chi connectivity index (χ0n) is 14.7. The van der Waals surface area contributed by atoms with Crippen molar-refractivity contribution in [1.82, 2.24) is 0 Å². The topological polar surface area (TPSA) is 17.1 Å². The van der Waals surface area contributed by atoms with E-state index in [2.05, 4.69) is 34.6 Å². The molecular weight excluding hydrogens is 256 g/mol. The highest BCUT2D eigenvalue weighted by Gasteiger charge is 2.59. The first-order valence-electron chi connectivity index (χ1n) is 9.33. The molecule has 0 amide bonds. The zero-order chi connectivity index (χ0) is 15.4. The van der Waals surface area contributed by atoms with Crippen molar-refractivity contribution in [3.05, 3.63) is 0 Å². The predicted molar refractivity (Wildman–Crippen MR) is 88.0 cm³/mol. The molecule has 120 valence electrons. The summed E-state index contributed by atoms with van der Waals surface area (Å²) in [6, 6.07) is 0. The molecule has 0 N–H and O–H groups in total. The second-order valence-electron chi connectivity index (χ2n) is 9.41. The van der Waals surface area contributed by atoms with Crippen LogP contribution < -0.4 is 0 Å². The molecule has 1 nitrogen and oxygen atoms in total. The third kappa shape index (κ3) is 2.30. The Labute approximate surface area is 131 Å². The van der Waals surface area contributed by atoms with E-state index in [-0.39, 0.29) is 5.41 Å². The van der Waals surface area contributed by atoms with Gasteiger partial charge < -0.3 is 0 Å². The second-order valence-corrected chi connectivity index (χ2v) is 9.41. The lowest BCUT2D eigenvalue weighted by atomic mass is 9.41. The summed E-state index contributed by atoms with van der Waals surface area (Å²) in [7, 11) is 0. The van der Waals surface area contributed by atoms with Gasteiger partial charge in [0.15, 0.2) is 0 Å². The Balaban J connectivity index is 1.89. The van der Waals surface area contributed by atoms with Gasteiger partial charge in [-0.1, -0.05) is 34.6 Å². The molecule has 4 saturated carbocycles. The van der Waals surface area contributed by atoms with E-state index in [4.69, 9.17) is 0 Å². The van der Waals surface area contributed by atoms with Crippen molar-refractivity contribution in [3.8, 4) is 0 Å². The predicted octanol–water partition coefficient (Wildman–Crippen LogP) is 5.48. The van der Waals surface area contributed by atoms with Crippen LogP contribution in [0.3, 0.4) is 0 Å². The van der Waals surface area contributed by atoms with Gasteiger partial charge in [-0.15, -0.1) is 0 Å². The fourth-order valence-electron chi connectivity index (χ4n) is 6.21. The molecule has 4 rings (SSSR count). The van der Waals surface area contributed by atoms with Gasteiger partial charge in [0.25, 0.3) is 0 Å². The molecule has 21 heavy (non-hydrogen) atoms. The summed E-state index contributed by atoms with van der Waals surface area (Å²) in [5.74, 6) is 4.85. The first-order valence-corrected chi connectivity index (χ1v) is 9.33. The zero-order valence-corrected chi connectivity index (χ0v) is 14.7. The number of carbonyl (C=O) groups is 1. The standard InChI is InChI=1S/C20H34O/c1-6-19(4,5)18(21)12-20(13(2)3)16-8-14-7-15(10-16)11-17(20)9-14/h13-17H,6-12H2,1-5H3. The monoisotopic (exact) mass is 290 g/mol. The van der Waals surface area contributed by atoms with E-state index in [9.17, 15) is 4.79 Å². The number of hydrogen-bond acceptors (Lipinski definition) is 1. The van der Waals surface area contributed by atoms with Crippen molar-refractivity contribution in [2.24, 2.45) is 40.4 Å². The van der Waals surface area contributed by atoms with Gasteiger partial charge in [0.1, 0.15) is 5.78 Å². The summed E-state index contributed by atoms with van der Waals surface area (Å²) in [6.45, 7) is 11.3. The highest BCUT2D eigenvalue weighted by atomic mass is 16.1. The van der Waals surface area contributed by atoms with Gasteiger partial charge in [0, 0.05) is 11.8 Å². The quantitative estimate of drug-likeness (QED) is 0.655. The summed E-state index contributed by atoms with van der Waals surface area (Å²) in [4.78, 5) is 13.0. The molecule has 0 aromatic heterocycles. The van der Waals surface area contributed by atoms with E-state index in [0.29, 0.717) is 17.1 Å². The fourth-order valence-corrected chi connectivity index (χ4v) is 6.21. The molecule has 0 atom stereocenters. The smallest absolute Gasteiger partial charge is 0.139 e. The van der Waals surface area contributed by atoms with Crippen LogP contribution in [0.5, 0.6) is 0 Å². The SMILES string of the molecule is CCC(C)(C)C(=O)CC1(C(C)C)C2CC3CC(C2)CC1C3. The van der Waals surface area contributed by atoms with E-state index in [0.717, 1.165) is 36.5 Å². The van der Waals surface area contributed by atoms with Gasteiger partial charge >= 0.3 is 0 Å². The van der Waals surface area contributed by atoms with Crippen molar-refractivity contribution in [2.75, 3.05) is 0 Å². The molecule has 0 aromatic carbocycles. The number of hydrogen-bond donors (Lipinski definition) is 0. The Morgan fingerprint density at radius 1 is 1.05 bits per heavy atom. The summed E-state index contributed by atoms with van der Waals surface area (Å²) in [5.41, 5.74) is 0.202. The normalized spacial score (nSPS) is 41.8. The lowest BCUT2D eigenvalue weighted by molar-refractivity contribution is -0.157. The summed E-state index contributed by atoms with van der Waals surface area (Å²) in [5, 5.41) is 0. The average Bonchev–Trinajstić information content (AvgIpc) is 2.41. The largest absolute Gasteiger partial charge is 0.299 e. The summed E-state index contributed by atoms with van der Waals surface area (Å²) < 4.78 is 0. The van der Waals surface area contributed by atoms with Crippen molar-refractivity contribution in [1.29, 1.82) is 0 Å². The summed E-state index contributed by atoms with van der Waals surface area (Å²) >= 11 is 0. The molecule has 0 saturated heterocycles. The van der Waals surface area contributed by atoms with Gasteiger partial charge in [-0.25, -0.2) is 0 Å². The van der Waals surface area contributed by atoms with Crippen LogP contribution in [0.4, 0.5) is 0 Å². The van der Waals surface area contributed by atoms with Crippen molar-refractivity contribution in [3.63, 3.8) is 0 Å². The highest BCUT2D eigenvalue weighted by Crippen LogP contribution is 2.66. The van der Waals surface area contributed by atoms with E-state index in [1.54, 1.807) is 0 Å². The maximum Gasteiger partial charge on any atom is 0.139 e. The molecule has 0 heterocycles. The van der Waals surface area contributed by atoms with Gasteiger partial charge in [-0.2, -0.15) is 0 Å². The van der Waals surface area contributed by atoms with E-state index < -0.39 is 0 Å². The van der Waals surface area contributed by atoms with Crippen LogP contribution in [-0.4, -0.2) is 5.78 Å². The Kier molecular flexibility index (Phi) is 3.78. The van der Waals surface area contributed by atoms with E-state index in [1.807, 2.05) is 0 Å². The maximum absolute atomic E-state index is 13.0. The molecule has 0 spiro atoms. The third-order valence-electron chi connectivity index (χ3n) is 7.84. The van der Waals surface area contributed by atoms with Crippen LogP contribution in [0, 0.1) is 40.4 Å². The molecule has 1 heteroatoms. The van der Waals surface area contributed by atoms with Gasteiger partial charge in [-0.05, 0) is 73.5 Å². The van der Waals surface area contributed by atoms with E-state index >= 15 is 0 Å². The minimum absolute atomic E-state index is 0.128. The van der Waals surface area contributed by atoms with Crippen molar-refractivity contribution < 1.29 is 4.79 Å². The fraction of sp³-hybridized carbons (Fsp3) is 0.950. The molecule has 4 aliphatic carbocycles. The molecule has 0 aromatic rings. The Hall–Kier alpha value is -0.330. The molecular formula is C20H34O. The molecule has 4 fully saturated rings. The van der Waals surface area contributed by atoms with Crippen LogP contribution in [0.15, 0.2) is 0 Å². The van der Waals surface area contributed by atoms with E-state index in [1.165, 1.54) is 32.1 Å².